The molecule has 12 nitrogen and oxygen atoms in total. The molecular weight excluding hydrogens is 524 g/mol. The van der Waals surface area contributed by atoms with Crippen LogP contribution in [-0.2, 0) is 24.4 Å². The van der Waals surface area contributed by atoms with Gasteiger partial charge in [0.25, 0.3) is 0 Å². The number of likely N-dealkylation sites (tertiary alicyclic amines) is 1. The molecule has 210 valence electrons. The number of carbonyl (C=O) groups excluding carboxylic acids is 2. The first-order chi connectivity index (χ1) is 18.5. The van der Waals surface area contributed by atoms with Gasteiger partial charge >= 0.3 is 5.97 Å². The molecule has 1 aliphatic heterocycles. The number of amides is 2. The predicted octanol–water partition coefficient (Wildman–Crippen LogP) is 0.769. The van der Waals surface area contributed by atoms with Crippen molar-refractivity contribution in [2.45, 2.75) is 55.1 Å². The smallest absolute Gasteiger partial charge is 0.323 e. The number of nitrogens with one attached hydrogen (secondary N) is 2. The van der Waals surface area contributed by atoms with E-state index < -0.39 is 46.8 Å². The Bertz CT molecular complexity index is 1370. The minimum absolute atomic E-state index is 0.0326. The molecule has 1 saturated carbocycles. The van der Waals surface area contributed by atoms with Crippen LogP contribution in [0.25, 0.3) is 10.8 Å². The molecule has 1 aliphatic carbocycles. The van der Waals surface area contributed by atoms with Crippen LogP contribution in [0.1, 0.15) is 32.1 Å². The van der Waals surface area contributed by atoms with Gasteiger partial charge < -0.3 is 25.5 Å². The zero-order chi connectivity index (χ0) is 28.3. The molecule has 2 aromatic rings. The summed E-state index contributed by atoms with van der Waals surface area (Å²) in [7, 11) is -2.63. The lowest BCUT2D eigenvalue weighted by Gasteiger charge is -2.37. The van der Waals surface area contributed by atoms with Crippen LogP contribution < -0.4 is 10.5 Å². The van der Waals surface area contributed by atoms with E-state index in [1.165, 1.54) is 17.0 Å². The Kier molecular flexibility index (Phi) is 8.40. The molecule has 2 fully saturated rings. The molecule has 0 unspecified atom stereocenters. The van der Waals surface area contributed by atoms with Gasteiger partial charge in [-0.15, -0.1) is 0 Å². The number of guanidine groups is 1. The zero-order valence-electron chi connectivity index (χ0n) is 21.7. The average Bonchev–Trinajstić information content (AvgIpc) is 3.75. The number of carboxylic acids is 1. The summed E-state index contributed by atoms with van der Waals surface area (Å²) in [5, 5.41) is 18.5. The van der Waals surface area contributed by atoms with Gasteiger partial charge in [-0.25, -0.2) is 8.42 Å². The normalized spacial score (nSPS) is 17.0. The molecule has 1 heterocycles. The highest BCUT2D eigenvalue weighted by atomic mass is 32.2. The molecular formula is C26H34N6O6S. The van der Waals surface area contributed by atoms with Crippen molar-refractivity contribution in [3.05, 3.63) is 42.5 Å². The summed E-state index contributed by atoms with van der Waals surface area (Å²) in [6.45, 7) is 0.427. The number of hydrogen-bond acceptors (Lipinski definition) is 6. The van der Waals surface area contributed by atoms with Gasteiger partial charge in [0.15, 0.2) is 5.96 Å². The summed E-state index contributed by atoms with van der Waals surface area (Å²) in [5.74, 6) is -2.43. The average molecular weight is 559 g/mol. The summed E-state index contributed by atoms with van der Waals surface area (Å²) in [5.41, 5.74) is 5.56. The molecule has 5 N–H and O–H groups in total. The summed E-state index contributed by atoms with van der Waals surface area (Å²) in [6, 6.07) is 9.88. The first kappa shape index (κ1) is 28.3. The van der Waals surface area contributed by atoms with Gasteiger partial charge in [0.05, 0.1) is 11.3 Å². The van der Waals surface area contributed by atoms with Gasteiger partial charge in [-0.1, -0.05) is 30.3 Å². The van der Waals surface area contributed by atoms with Crippen molar-refractivity contribution in [1.29, 1.82) is 5.41 Å². The fraction of sp³-hybridized carbons (Fsp3) is 0.462. The van der Waals surface area contributed by atoms with Crippen LogP contribution in [0.15, 0.2) is 47.4 Å². The van der Waals surface area contributed by atoms with Crippen LogP contribution >= 0.6 is 0 Å². The molecule has 39 heavy (non-hydrogen) atoms. The minimum Gasteiger partial charge on any atom is -0.480 e. The van der Waals surface area contributed by atoms with E-state index >= 15 is 0 Å². The van der Waals surface area contributed by atoms with Crippen LogP contribution in [-0.4, -0.2) is 96.8 Å². The van der Waals surface area contributed by atoms with E-state index in [2.05, 4.69) is 4.72 Å². The number of carboxylic acid groups (broad SMARTS) is 1. The highest BCUT2D eigenvalue weighted by Gasteiger charge is 2.40. The third-order valence-corrected chi connectivity index (χ3v) is 8.80. The fourth-order valence-corrected chi connectivity index (χ4v) is 6.13. The Hall–Kier alpha value is -3.71. The largest absolute Gasteiger partial charge is 0.480 e. The Morgan fingerprint density at radius 2 is 1.72 bits per heavy atom. The number of piperidine rings is 1. The Morgan fingerprint density at radius 1 is 1.08 bits per heavy atom. The van der Waals surface area contributed by atoms with E-state index in [9.17, 15) is 27.9 Å². The van der Waals surface area contributed by atoms with Crippen molar-refractivity contribution in [3.63, 3.8) is 0 Å². The van der Waals surface area contributed by atoms with Gasteiger partial charge in [-0.2, -0.15) is 4.72 Å². The molecule has 2 aromatic carbocycles. The minimum atomic E-state index is -4.24. The number of nitrogens with two attached hydrogens (primary N) is 1. The van der Waals surface area contributed by atoms with Crippen molar-refractivity contribution < 1.29 is 27.9 Å². The van der Waals surface area contributed by atoms with Gasteiger partial charge in [0, 0.05) is 32.2 Å². The van der Waals surface area contributed by atoms with Crippen molar-refractivity contribution in [2.24, 2.45) is 5.73 Å². The van der Waals surface area contributed by atoms with Crippen LogP contribution in [0.2, 0.25) is 0 Å². The molecule has 1 atom stereocenters. The summed E-state index contributed by atoms with van der Waals surface area (Å²) < 4.78 is 29.2. The van der Waals surface area contributed by atoms with E-state index in [4.69, 9.17) is 11.1 Å². The predicted molar refractivity (Wildman–Crippen MR) is 144 cm³/mol. The number of aliphatic carboxylic acids is 1. The number of nitrogens with zero attached hydrogens (tertiary/aromatic N) is 3. The highest BCUT2D eigenvalue weighted by Crippen LogP contribution is 2.28. The van der Waals surface area contributed by atoms with Gasteiger partial charge in [-0.05, 0) is 48.6 Å². The second-order valence-electron chi connectivity index (χ2n) is 10.1. The molecule has 0 spiro atoms. The molecule has 0 bridgehead atoms. The Balaban J connectivity index is 1.56. The first-order valence-electron chi connectivity index (χ1n) is 12.8. The lowest BCUT2D eigenvalue weighted by molar-refractivity contribution is -0.146. The monoisotopic (exact) mass is 558 g/mol. The van der Waals surface area contributed by atoms with Gasteiger partial charge in [-0.3, -0.25) is 19.8 Å². The standard InChI is InChI=1S/C26H34N6O6S/c1-30(19-10-12-31(13-11-19)26(27)28)23(33)15-22(25(36)32(16-24(34)35)20-7-8-20)29-39(37,38)21-9-6-17-4-2-3-5-18(17)14-21/h2-6,9,14,19-20,22,29H,7-8,10-13,15-16H2,1H3,(H3,27,28)(H,34,35)/t22-/m0/s1. The quantitative estimate of drug-likeness (QED) is 0.244. The van der Waals surface area contributed by atoms with E-state index in [0.717, 1.165) is 10.3 Å². The topological polar surface area (TPSA) is 177 Å². The van der Waals surface area contributed by atoms with Crippen molar-refractivity contribution in [2.75, 3.05) is 26.7 Å². The molecule has 1 saturated heterocycles. The van der Waals surface area contributed by atoms with E-state index in [0.29, 0.717) is 44.2 Å². The van der Waals surface area contributed by atoms with Crippen molar-refractivity contribution in [1.82, 2.24) is 19.4 Å². The molecule has 2 aliphatic rings. The summed E-state index contributed by atoms with van der Waals surface area (Å²) in [6.07, 6.45) is 1.91. The molecule has 13 heteroatoms. The molecule has 0 radical (unpaired) electrons. The van der Waals surface area contributed by atoms with Gasteiger partial charge in [0.2, 0.25) is 21.8 Å². The third-order valence-electron chi connectivity index (χ3n) is 7.33. The number of benzene rings is 2. The second-order valence-corrected chi connectivity index (χ2v) is 11.8. The van der Waals surface area contributed by atoms with Crippen molar-refractivity contribution in [3.8, 4) is 0 Å². The Morgan fingerprint density at radius 3 is 2.31 bits per heavy atom. The lowest BCUT2D eigenvalue weighted by Crippen LogP contribution is -2.54. The number of rotatable bonds is 10. The number of hydrogen-bond donors (Lipinski definition) is 4. The Labute approximate surface area is 227 Å². The second kappa shape index (κ2) is 11.6. The number of carbonyl (C=O) groups is 3. The van der Waals surface area contributed by atoms with Crippen LogP contribution in [0, 0.1) is 5.41 Å². The van der Waals surface area contributed by atoms with E-state index in [-0.39, 0.29) is 22.9 Å². The van der Waals surface area contributed by atoms with E-state index in [1.54, 1.807) is 30.1 Å². The maximum absolute atomic E-state index is 13.6. The maximum atomic E-state index is 13.6. The fourth-order valence-electron chi connectivity index (χ4n) is 4.90. The highest BCUT2D eigenvalue weighted by molar-refractivity contribution is 7.89. The zero-order valence-corrected chi connectivity index (χ0v) is 22.6. The maximum Gasteiger partial charge on any atom is 0.323 e. The molecule has 4 rings (SSSR count). The van der Waals surface area contributed by atoms with Crippen LogP contribution in [0.3, 0.4) is 0 Å². The van der Waals surface area contributed by atoms with Crippen LogP contribution in [0.5, 0.6) is 0 Å². The number of sulfonamides is 1. The first-order valence-corrected chi connectivity index (χ1v) is 14.3. The van der Waals surface area contributed by atoms with Gasteiger partial charge in [0.1, 0.15) is 12.6 Å². The lowest BCUT2D eigenvalue weighted by atomic mass is 10.0. The van der Waals surface area contributed by atoms with Crippen molar-refractivity contribution >= 4 is 44.5 Å². The van der Waals surface area contributed by atoms with E-state index in [1.807, 2.05) is 12.1 Å². The van der Waals surface area contributed by atoms with Crippen LogP contribution in [0.4, 0.5) is 0 Å². The third kappa shape index (κ3) is 6.84. The molecule has 2 amide bonds. The SMILES string of the molecule is CN(C(=O)C[C@H](NS(=O)(=O)c1ccc2ccccc2c1)C(=O)N(CC(=O)O)C1CC1)C1CCN(C(=N)N)CC1. The number of fused-ring (bicyclic) bond motifs is 1. The summed E-state index contributed by atoms with van der Waals surface area (Å²) in [4.78, 5) is 42.6. The summed E-state index contributed by atoms with van der Waals surface area (Å²) >= 11 is 0. The molecule has 0 aromatic heterocycles.